The third kappa shape index (κ3) is 3.87. The van der Waals surface area contributed by atoms with Crippen molar-refractivity contribution < 1.29 is 9.21 Å². The zero-order chi connectivity index (χ0) is 18.0. The smallest absolute Gasteiger partial charge is 0.387 e. The van der Waals surface area contributed by atoms with Crippen LogP contribution in [0.5, 0.6) is 0 Å². The van der Waals surface area contributed by atoms with Crippen LogP contribution in [-0.4, -0.2) is 32.4 Å². The number of amides is 1. The van der Waals surface area contributed by atoms with Gasteiger partial charge in [0.1, 0.15) is 5.69 Å². The van der Waals surface area contributed by atoms with Gasteiger partial charge in [-0.2, -0.15) is 9.78 Å². The van der Waals surface area contributed by atoms with E-state index in [2.05, 4.69) is 20.6 Å². The maximum Gasteiger partial charge on any atom is 0.437 e. The molecule has 2 N–H and O–H groups in total. The summed E-state index contributed by atoms with van der Waals surface area (Å²) in [6.45, 7) is 6.56. The van der Waals surface area contributed by atoms with Crippen LogP contribution in [0.4, 0.5) is 0 Å². The number of carbonyl (C=O) groups is 1. The molecule has 0 spiro atoms. The van der Waals surface area contributed by atoms with Crippen molar-refractivity contribution in [1.29, 1.82) is 0 Å². The van der Waals surface area contributed by atoms with E-state index in [4.69, 9.17) is 4.42 Å². The van der Waals surface area contributed by atoms with E-state index in [-0.39, 0.29) is 30.3 Å². The monoisotopic (exact) mass is 361 g/mol. The van der Waals surface area contributed by atoms with Crippen molar-refractivity contribution in [1.82, 2.24) is 25.3 Å². The lowest BCUT2D eigenvalue weighted by Crippen LogP contribution is -2.30. The molecule has 0 aliphatic rings. The third-order valence-corrected chi connectivity index (χ3v) is 4.42. The lowest BCUT2D eigenvalue weighted by atomic mass is 9.92. The summed E-state index contributed by atoms with van der Waals surface area (Å²) in [6.07, 6.45) is 0. The number of hydrogen-bond acceptors (Lipinski definition) is 6. The Morgan fingerprint density at radius 2 is 2.24 bits per heavy atom. The number of nitrogens with one attached hydrogen (secondary N) is 2. The summed E-state index contributed by atoms with van der Waals surface area (Å²) in [5.74, 6) is -0.567. The van der Waals surface area contributed by atoms with Crippen molar-refractivity contribution in [3.05, 3.63) is 45.5 Å². The van der Waals surface area contributed by atoms with Gasteiger partial charge in [0.05, 0.1) is 11.4 Å². The average molecular weight is 361 g/mol. The van der Waals surface area contributed by atoms with Crippen LogP contribution in [0.25, 0.3) is 10.8 Å². The van der Waals surface area contributed by atoms with E-state index in [0.29, 0.717) is 5.69 Å². The molecule has 0 saturated heterocycles. The number of H-pyrrole nitrogens is 1. The molecule has 0 unspecified atom stereocenters. The highest BCUT2D eigenvalue weighted by Crippen LogP contribution is 2.21. The van der Waals surface area contributed by atoms with Gasteiger partial charge in [-0.1, -0.05) is 26.8 Å². The first-order valence-corrected chi connectivity index (χ1v) is 8.68. The van der Waals surface area contributed by atoms with Gasteiger partial charge in [0.15, 0.2) is 0 Å². The summed E-state index contributed by atoms with van der Waals surface area (Å²) in [6, 6.07) is 5.41. The highest BCUT2D eigenvalue weighted by molar-refractivity contribution is 7.13. The van der Waals surface area contributed by atoms with Crippen molar-refractivity contribution in [2.24, 2.45) is 0 Å². The van der Waals surface area contributed by atoms with E-state index in [9.17, 15) is 9.59 Å². The molecule has 3 aromatic heterocycles. The van der Waals surface area contributed by atoms with Gasteiger partial charge in [0, 0.05) is 17.7 Å². The number of aromatic nitrogens is 4. The summed E-state index contributed by atoms with van der Waals surface area (Å²) in [5, 5.41) is 15.6. The standard InChI is InChI=1S/C16H19N5O3S/c1-16(2,3)12-9-10(18-19-12)13(22)17-6-7-21-15(23)24-14(20-21)11-5-4-8-25-11/h4-5,8-9H,6-7H2,1-3H3,(H,17,22)(H,18,19). The molecule has 3 heterocycles. The first kappa shape index (κ1) is 17.2. The number of hydrogen-bond donors (Lipinski definition) is 2. The Morgan fingerprint density at radius 1 is 1.44 bits per heavy atom. The van der Waals surface area contributed by atoms with Crippen LogP contribution in [0, 0.1) is 0 Å². The predicted octanol–water partition coefficient (Wildman–Crippen LogP) is 2.02. The third-order valence-electron chi connectivity index (χ3n) is 3.57. The van der Waals surface area contributed by atoms with Crippen molar-refractivity contribution in [2.45, 2.75) is 32.7 Å². The number of aromatic amines is 1. The minimum absolute atomic E-state index is 0.113. The molecular formula is C16H19N5O3S. The van der Waals surface area contributed by atoms with Gasteiger partial charge in [0.25, 0.3) is 11.8 Å². The molecule has 3 aromatic rings. The second kappa shape index (κ2) is 6.67. The zero-order valence-corrected chi connectivity index (χ0v) is 15.0. The maximum absolute atomic E-state index is 12.1. The van der Waals surface area contributed by atoms with Gasteiger partial charge >= 0.3 is 5.76 Å². The second-order valence-corrected chi connectivity index (χ2v) is 7.49. The Labute approximate surface area is 147 Å². The fourth-order valence-electron chi connectivity index (χ4n) is 2.14. The fraction of sp³-hybridized carbons (Fsp3) is 0.375. The molecule has 132 valence electrons. The van der Waals surface area contributed by atoms with E-state index in [0.717, 1.165) is 10.6 Å². The highest BCUT2D eigenvalue weighted by Gasteiger charge is 2.19. The van der Waals surface area contributed by atoms with E-state index in [1.807, 2.05) is 38.3 Å². The minimum Gasteiger partial charge on any atom is -0.387 e. The average Bonchev–Trinajstić information content (AvgIpc) is 3.27. The molecule has 0 atom stereocenters. The lowest BCUT2D eigenvalue weighted by molar-refractivity contribution is 0.0946. The van der Waals surface area contributed by atoms with Crippen molar-refractivity contribution in [3.63, 3.8) is 0 Å². The summed E-state index contributed by atoms with van der Waals surface area (Å²) >= 11 is 1.44. The summed E-state index contributed by atoms with van der Waals surface area (Å²) in [5.41, 5.74) is 1.08. The predicted molar refractivity (Wildman–Crippen MR) is 93.7 cm³/mol. The Kier molecular flexibility index (Phi) is 4.58. The molecule has 0 fully saturated rings. The van der Waals surface area contributed by atoms with Gasteiger partial charge in [-0.05, 0) is 17.5 Å². The highest BCUT2D eigenvalue weighted by atomic mass is 32.1. The maximum atomic E-state index is 12.1. The normalized spacial score (nSPS) is 11.6. The van der Waals surface area contributed by atoms with Crippen LogP contribution in [-0.2, 0) is 12.0 Å². The summed E-state index contributed by atoms with van der Waals surface area (Å²) in [4.78, 5) is 24.7. The molecule has 0 saturated carbocycles. The van der Waals surface area contributed by atoms with Crippen molar-refractivity contribution in [3.8, 4) is 10.8 Å². The first-order valence-electron chi connectivity index (χ1n) is 7.80. The van der Waals surface area contributed by atoms with E-state index in [1.54, 1.807) is 6.07 Å². The minimum atomic E-state index is -0.549. The van der Waals surface area contributed by atoms with Crippen LogP contribution in [0.1, 0.15) is 37.0 Å². The zero-order valence-electron chi connectivity index (χ0n) is 14.2. The first-order chi connectivity index (χ1) is 11.8. The van der Waals surface area contributed by atoms with Gasteiger partial charge in [0.2, 0.25) is 0 Å². The fourth-order valence-corrected chi connectivity index (χ4v) is 2.78. The van der Waals surface area contributed by atoms with Gasteiger partial charge in [-0.25, -0.2) is 4.79 Å². The Bertz CT molecular complexity index is 914. The van der Waals surface area contributed by atoms with Crippen molar-refractivity contribution >= 4 is 17.2 Å². The number of rotatable bonds is 5. The van der Waals surface area contributed by atoms with E-state index >= 15 is 0 Å². The number of nitrogens with zero attached hydrogens (tertiary/aromatic N) is 3. The van der Waals surface area contributed by atoms with Crippen LogP contribution >= 0.6 is 11.3 Å². The molecule has 0 aliphatic carbocycles. The second-order valence-electron chi connectivity index (χ2n) is 6.55. The Hall–Kier alpha value is -2.68. The van der Waals surface area contributed by atoms with Crippen LogP contribution in [0.3, 0.4) is 0 Å². The molecule has 3 rings (SSSR count). The van der Waals surface area contributed by atoms with Gasteiger partial charge < -0.3 is 9.73 Å². The lowest BCUT2D eigenvalue weighted by Gasteiger charge is -2.14. The molecule has 8 nitrogen and oxygen atoms in total. The van der Waals surface area contributed by atoms with Gasteiger partial charge in [-0.3, -0.25) is 9.89 Å². The largest absolute Gasteiger partial charge is 0.437 e. The van der Waals surface area contributed by atoms with E-state index < -0.39 is 5.76 Å². The van der Waals surface area contributed by atoms with Crippen LogP contribution in [0.2, 0.25) is 0 Å². The van der Waals surface area contributed by atoms with Gasteiger partial charge in [-0.15, -0.1) is 16.4 Å². The quantitative estimate of drug-likeness (QED) is 0.723. The number of thiophene rings is 1. The summed E-state index contributed by atoms with van der Waals surface area (Å²) < 4.78 is 6.31. The Balaban J connectivity index is 1.59. The molecule has 0 radical (unpaired) electrons. The topological polar surface area (TPSA) is 106 Å². The van der Waals surface area contributed by atoms with Crippen molar-refractivity contribution in [2.75, 3.05) is 6.54 Å². The number of carbonyl (C=O) groups excluding carboxylic acids is 1. The molecular weight excluding hydrogens is 342 g/mol. The molecule has 25 heavy (non-hydrogen) atoms. The molecule has 0 aromatic carbocycles. The molecule has 1 amide bonds. The molecule has 9 heteroatoms. The molecule has 0 aliphatic heterocycles. The summed E-state index contributed by atoms with van der Waals surface area (Å²) in [7, 11) is 0. The van der Waals surface area contributed by atoms with Crippen LogP contribution in [0.15, 0.2) is 32.8 Å². The van der Waals surface area contributed by atoms with E-state index in [1.165, 1.54) is 16.0 Å². The molecule has 0 bridgehead atoms. The Morgan fingerprint density at radius 3 is 2.88 bits per heavy atom. The van der Waals surface area contributed by atoms with Crippen LogP contribution < -0.4 is 11.1 Å². The SMILES string of the molecule is CC(C)(C)c1cc(C(=O)NCCn2nc(-c3cccs3)oc2=O)n[nH]1.